The summed E-state index contributed by atoms with van der Waals surface area (Å²) in [5.74, 6) is -0.571. The van der Waals surface area contributed by atoms with Crippen LogP contribution in [0.1, 0.15) is 27.6 Å². The van der Waals surface area contributed by atoms with Crippen LogP contribution in [-0.4, -0.2) is 27.0 Å². The van der Waals surface area contributed by atoms with Gasteiger partial charge in [-0.1, -0.05) is 28.1 Å². The van der Waals surface area contributed by atoms with Crippen molar-refractivity contribution >= 4 is 39.3 Å². The summed E-state index contributed by atoms with van der Waals surface area (Å²) in [5, 5.41) is 0. The second kappa shape index (κ2) is 3.86. The number of halogens is 2. The molecule has 1 aromatic rings. The highest BCUT2D eigenvalue weighted by molar-refractivity contribution is 9.10. The Morgan fingerprint density at radius 2 is 1.69 bits per heavy atom. The predicted octanol–water partition coefficient (Wildman–Crippen LogP) is 2.63. The first-order valence-corrected chi connectivity index (χ1v) is 5.90. The molecule has 1 unspecified atom stereocenters. The summed E-state index contributed by atoms with van der Waals surface area (Å²) in [6, 6.07) is 6.77. The van der Waals surface area contributed by atoms with E-state index in [2.05, 4.69) is 15.9 Å². The van der Waals surface area contributed by atoms with Gasteiger partial charge in [0, 0.05) is 0 Å². The zero-order valence-corrected chi connectivity index (χ0v) is 10.9. The number of imide groups is 1. The standard InChI is InChI=1S/C11H9BrClNO2/c1-11(12,13)6-14-9(15)7-4-2-3-5-8(7)10(14)16/h2-5H,6H2,1H3. The van der Waals surface area contributed by atoms with Crippen LogP contribution in [0.15, 0.2) is 24.3 Å². The van der Waals surface area contributed by atoms with Gasteiger partial charge >= 0.3 is 0 Å². The number of benzene rings is 1. The molecular weight excluding hydrogens is 293 g/mol. The number of hydrogen-bond acceptors (Lipinski definition) is 2. The zero-order chi connectivity index (χ0) is 11.9. The molecule has 1 aromatic carbocycles. The third-order valence-electron chi connectivity index (χ3n) is 2.31. The quantitative estimate of drug-likeness (QED) is 0.622. The Hall–Kier alpha value is -0.870. The molecule has 1 atom stereocenters. The molecule has 16 heavy (non-hydrogen) atoms. The van der Waals surface area contributed by atoms with Gasteiger partial charge in [0.25, 0.3) is 11.8 Å². The van der Waals surface area contributed by atoms with Crippen LogP contribution in [0, 0.1) is 0 Å². The molecule has 0 aliphatic carbocycles. The summed E-state index contributed by atoms with van der Waals surface area (Å²) in [4.78, 5) is 25.0. The van der Waals surface area contributed by atoms with Crippen LogP contribution in [0.2, 0.25) is 0 Å². The molecule has 3 nitrogen and oxygen atoms in total. The lowest BCUT2D eigenvalue weighted by atomic mass is 10.1. The third-order valence-corrected chi connectivity index (χ3v) is 2.68. The fourth-order valence-electron chi connectivity index (χ4n) is 1.66. The molecule has 0 aromatic heterocycles. The summed E-state index contributed by atoms with van der Waals surface area (Å²) in [6.07, 6.45) is 0. The van der Waals surface area contributed by atoms with E-state index >= 15 is 0 Å². The van der Waals surface area contributed by atoms with Crippen LogP contribution in [0.4, 0.5) is 0 Å². The van der Waals surface area contributed by atoms with Crippen LogP contribution in [0.25, 0.3) is 0 Å². The van der Waals surface area contributed by atoms with Crippen molar-refractivity contribution in [2.75, 3.05) is 6.54 Å². The molecule has 1 aliphatic heterocycles. The number of nitrogens with zero attached hydrogens (tertiary/aromatic N) is 1. The second-order valence-corrected chi connectivity index (χ2v) is 6.85. The Bertz CT molecular complexity index is 432. The number of carbonyl (C=O) groups excluding carboxylic acids is 2. The number of hydrogen-bond donors (Lipinski definition) is 0. The van der Waals surface area contributed by atoms with Crippen LogP contribution < -0.4 is 0 Å². The summed E-state index contributed by atoms with van der Waals surface area (Å²) in [5.41, 5.74) is 0.891. The Kier molecular flexibility index (Phi) is 2.80. The fourth-order valence-corrected chi connectivity index (χ4v) is 2.03. The minimum atomic E-state index is -0.791. The lowest BCUT2D eigenvalue weighted by Gasteiger charge is -2.21. The third kappa shape index (κ3) is 1.99. The maximum absolute atomic E-state index is 11.9. The Labute approximate surface area is 107 Å². The molecule has 0 spiro atoms. The lowest BCUT2D eigenvalue weighted by molar-refractivity contribution is 0.0652. The Morgan fingerprint density at radius 3 is 2.06 bits per heavy atom. The molecule has 0 saturated carbocycles. The van der Waals surface area contributed by atoms with Crippen molar-refractivity contribution in [3.63, 3.8) is 0 Å². The number of alkyl halides is 2. The van der Waals surface area contributed by atoms with E-state index in [1.165, 1.54) is 0 Å². The van der Waals surface area contributed by atoms with E-state index in [-0.39, 0.29) is 18.4 Å². The molecule has 1 heterocycles. The predicted molar refractivity (Wildman–Crippen MR) is 65.0 cm³/mol. The van der Waals surface area contributed by atoms with Gasteiger partial charge in [-0.25, -0.2) is 0 Å². The van der Waals surface area contributed by atoms with Crippen molar-refractivity contribution < 1.29 is 9.59 Å². The molecule has 0 radical (unpaired) electrons. The molecule has 0 saturated heterocycles. The van der Waals surface area contributed by atoms with Gasteiger partial charge in [0.1, 0.15) is 3.78 Å². The summed E-state index contributed by atoms with van der Waals surface area (Å²) >= 11 is 9.16. The summed E-state index contributed by atoms with van der Waals surface area (Å²) in [6.45, 7) is 1.83. The van der Waals surface area contributed by atoms with Gasteiger partial charge in [-0.2, -0.15) is 0 Å². The zero-order valence-electron chi connectivity index (χ0n) is 8.54. The van der Waals surface area contributed by atoms with Crippen molar-refractivity contribution in [2.24, 2.45) is 0 Å². The minimum Gasteiger partial charge on any atom is -0.272 e. The number of fused-ring (bicyclic) bond motifs is 1. The number of carbonyl (C=O) groups is 2. The van der Waals surface area contributed by atoms with Gasteiger partial charge in [-0.05, 0) is 19.1 Å². The topological polar surface area (TPSA) is 37.4 Å². The molecule has 1 aliphatic rings. The fraction of sp³-hybridized carbons (Fsp3) is 0.273. The minimum absolute atomic E-state index is 0.140. The molecule has 84 valence electrons. The highest BCUT2D eigenvalue weighted by atomic mass is 79.9. The first-order valence-electron chi connectivity index (χ1n) is 4.73. The monoisotopic (exact) mass is 301 g/mol. The molecular formula is C11H9BrClNO2. The van der Waals surface area contributed by atoms with Crippen LogP contribution in [0.3, 0.4) is 0 Å². The summed E-state index contributed by atoms with van der Waals surface area (Å²) < 4.78 is -0.791. The van der Waals surface area contributed by atoms with E-state index in [0.717, 1.165) is 4.90 Å². The Balaban J connectivity index is 2.36. The highest BCUT2D eigenvalue weighted by Crippen LogP contribution is 2.29. The lowest BCUT2D eigenvalue weighted by Crippen LogP contribution is -2.37. The average Bonchev–Trinajstić information content (AvgIpc) is 2.43. The number of rotatable bonds is 2. The highest BCUT2D eigenvalue weighted by Gasteiger charge is 2.38. The molecule has 0 bridgehead atoms. The first-order chi connectivity index (χ1) is 7.40. The van der Waals surface area contributed by atoms with E-state index in [1.54, 1.807) is 31.2 Å². The van der Waals surface area contributed by atoms with E-state index in [0.29, 0.717) is 11.1 Å². The molecule has 5 heteroatoms. The van der Waals surface area contributed by atoms with E-state index in [4.69, 9.17) is 11.6 Å². The smallest absolute Gasteiger partial charge is 0.261 e. The Morgan fingerprint density at radius 1 is 1.25 bits per heavy atom. The maximum atomic E-state index is 11.9. The van der Waals surface area contributed by atoms with Crippen molar-refractivity contribution in [3.8, 4) is 0 Å². The second-order valence-electron chi connectivity index (χ2n) is 3.81. The van der Waals surface area contributed by atoms with Crippen molar-refractivity contribution in [3.05, 3.63) is 35.4 Å². The van der Waals surface area contributed by atoms with E-state index < -0.39 is 3.78 Å². The molecule has 0 N–H and O–H groups in total. The van der Waals surface area contributed by atoms with Gasteiger partial charge < -0.3 is 0 Å². The maximum Gasteiger partial charge on any atom is 0.261 e. The van der Waals surface area contributed by atoms with Crippen LogP contribution >= 0.6 is 27.5 Å². The van der Waals surface area contributed by atoms with Crippen molar-refractivity contribution in [1.82, 2.24) is 4.90 Å². The van der Waals surface area contributed by atoms with Gasteiger partial charge in [-0.15, -0.1) is 11.6 Å². The first kappa shape index (κ1) is 11.6. The molecule has 2 rings (SSSR count). The largest absolute Gasteiger partial charge is 0.272 e. The van der Waals surface area contributed by atoms with E-state index in [1.807, 2.05) is 0 Å². The SMILES string of the molecule is CC(Cl)(Br)CN1C(=O)c2ccccc2C1=O. The van der Waals surface area contributed by atoms with Gasteiger partial charge in [-0.3, -0.25) is 14.5 Å². The van der Waals surface area contributed by atoms with Crippen molar-refractivity contribution in [2.45, 2.75) is 10.7 Å². The van der Waals surface area contributed by atoms with Gasteiger partial charge in [0.2, 0.25) is 0 Å². The number of amides is 2. The van der Waals surface area contributed by atoms with Gasteiger partial charge in [0.05, 0.1) is 17.7 Å². The van der Waals surface area contributed by atoms with Gasteiger partial charge in [0.15, 0.2) is 0 Å². The average molecular weight is 303 g/mol. The summed E-state index contributed by atoms with van der Waals surface area (Å²) in [7, 11) is 0. The van der Waals surface area contributed by atoms with E-state index in [9.17, 15) is 9.59 Å². The molecule has 0 fully saturated rings. The molecule has 2 amide bonds. The van der Waals surface area contributed by atoms with Crippen LogP contribution in [0.5, 0.6) is 0 Å². The van der Waals surface area contributed by atoms with Crippen molar-refractivity contribution in [1.29, 1.82) is 0 Å². The normalized spacial score (nSPS) is 18.6. The van der Waals surface area contributed by atoms with Crippen LogP contribution in [-0.2, 0) is 0 Å².